The van der Waals surface area contributed by atoms with Gasteiger partial charge in [0.2, 0.25) is 11.8 Å². The second-order valence-electron chi connectivity index (χ2n) is 6.95. The Bertz CT molecular complexity index is 904. The Morgan fingerprint density at radius 3 is 2.81 bits per heavy atom. The van der Waals surface area contributed by atoms with Crippen LogP contribution >= 0.6 is 22.9 Å². The molecule has 0 atom stereocenters. The van der Waals surface area contributed by atoms with Crippen LogP contribution in [-0.2, 0) is 22.6 Å². The molecule has 2 aliphatic heterocycles. The second kappa shape index (κ2) is 7.44. The lowest BCUT2D eigenvalue weighted by molar-refractivity contribution is -0.139. The molecule has 0 bridgehead atoms. The summed E-state index contributed by atoms with van der Waals surface area (Å²) in [6.45, 7) is 6.09. The van der Waals surface area contributed by atoms with Gasteiger partial charge in [0.15, 0.2) is 0 Å². The molecule has 1 aromatic heterocycles. The van der Waals surface area contributed by atoms with Gasteiger partial charge in [-0.05, 0) is 12.1 Å². The van der Waals surface area contributed by atoms with Crippen LogP contribution in [0.3, 0.4) is 0 Å². The minimum absolute atomic E-state index is 0.0573. The molecule has 0 saturated carbocycles. The number of hydrogen-bond donors (Lipinski definition) is 0. The minimum Gasteiger partial charge on any atom is -0.338 e. The summed E-state index contributed by atoms with van der Waals surface area (Å²) in [5.74, 6) is 0.352. The SMILES string of the molecule is C=CC(=O)N1CC(CC(=O)N2CCc3nc(-c4ccccc4Cl)sc3C2)C1. The zero-order valence-electron chi connectivity index (χ0n) is 14.9. The van der Waals surface area contributed by atoms with Gasteiger partial charge < -0.3 is 9.80 Å². The van der Waals surface area contributed by atoms with Gasteiger partial charge in [-0.15, -0.1) is 11.3 Å². The number of benzene rings is 1. The Balaban J connectivity index is 1.39. The molecule has 0 unspecified atom stereocenters. The molecule has 3 heterocycles. The fourth-order valence-corrected chi connectivity index (χ4v) is 4.99. The molecule has 0 aliphatic carbocycles. The molecule has 0 spiro atoms. The maximum atomic E-state index is 12.7. The predicted molar refractivity (Wildman–Crippen MR) is 107 cm³/mol. The largest absolute Gasteiger partial charge is 0.338 e. The molecule has 5 nitrogen and oxygen atoms in total. The topological polar surface area (TPSA) is 53.5 Å². The number of rotatable bonds is 4. The minimum atomic E-state index is -0.0573. The summed E-state index contributed by atoms with van der Waals surface area (Å²) in [6.07, 6.45) is 2.59. The molecular weight excluding hydrogens is 382 g/mol. The standard InChI is InChI=1S/C20H20ClN3O2S/c1-2-18(25)24-10-13(11-24)9-19(26)23-8-7-16-17(12-23)27-20(22-16)14-5-3-4-6-15(14)21/h2-6,13H,1,7-12H2. The van der Waals surface area contributed by atoms with Crippen molar-refractivity contribution in [2.24, 2.45) is 5.92 Å². The van der Waals surface area contributed by atoms with Crippen molar-refractivity contribution in [3.8, 4) is 10.6 Å². The quantitative estimate of drug-likeness (QED) is 0.738. The van der Waals surface area contributed by atoms with E-state index in [1.807, 2.05) is 29.2 Å². The van der Waals surface area contributed by atoms with Crippen LogP contribution in [0.2, 0.25) is 5.02 Å². The summed E-state index contributed by atoms with van der Waals surface area (Å²) < 4.78 is 0. The molecular formula is C20H20ClN3O2S. The van der Waals surface area contributed by atoms with Gasteiger partial charge in [-0.25, -0.2) is 4.98 Å². The molecule has 2 amide bonds. The Morgan fingerprint density at radius 1 is 1.30 bits per heavy atom. The first kappa shape index (κ1) is 18.2. The summed E-state index contributed by atoms with van der Waals surface area (Å²) in [7, 11) is 0. The molecule has 0 N–H and O–H groups in total. The average molecular weight is 402 g/mol. The predicted octanol–water partition coefficient (Wildman–Crippen LogP) is 3.38. The third kappa shape index (κ3) is 3.64. The summed E-state index contributed by atoms with van der Waals surface area (Å²) in [6, 6.07) is 7.70. The van der Waals surface area contributed by atoms with Crippen LogP contribution in [0.1, 0.15) is 17.0 Å². The molecule has 7 heteroatoms. The normalized spacial score (nSPS) is 16.6. The van der Waals surface area contributed by atoms with Crippen LogP contribution in [0.25, 0.3) is 10.6 Å². The Hall–Kier alpha value is -2.18. The van der Waals surface area contributed by atoms with E-state index < -0.39 is 0 Å². The van der Waals surface area contributed by atoms with E-state index in [1.165, 1.54) is 6.08 Å². The lowest BCUT2D eigenvalue weighted by Crippen LogP contribution is -2.51. The maximum Gasteiger partial charge on any atom is 0.245 e. The van der Waals surface area contributed by atoms with Crippen LogP contribution < -0.4 is 0 Å². The number of carbonyl (C=O) groups excluding carboxylic acids is 2. The van der Waals surface area contributed by atoms with E-state index in [9.17, 15) is 9.59 Å². The lowest BCUT2D eigenvalue weighted by Gasteiger charge is -2.39. The van der Waals surface area contributed by atoms with Crippen molar-refractivity contribution >= 4 is 34.8 Å². The molecule has 1 saturated heterocycles. The highest BCUT2D eigenvalue weighted by atomic mass is 35.5. The van der Waals surface area contributed by atoms with Gasteiger partial charge in [-0.1, -0.05) is 36.4 Å². The van der Waals surface area contributed by atoms with Crippen LogP contribution in [0, 0.1) is 5.92 Å². The van der Waals surface area contributed by atoms with E-state index in [4.69, 9.17) is 16.6 Å². The highest BCUT2D eigenvalue weighted by Crippen LogP contribution is 2.35. The number of likely N-dealkylation sites (tertiary alicyclic amines) is 1. The summed E-state index contributed by atoms with van der Waals surface area (Å²) in [5.41, 5.74) is 2.02. The van der Waals surface area contributed by atoms with Gasteiger partial charge in [0.1, 0.15) is 5.01 Å². The molecule has 1 aromatic carbocycles. The van der Waals surface area contributed by atoms with Gasteiger partial charge in [-0.2, -0.15) is 0 Å². The third-order valence-electron chi connectivity index (χ3n) is 5.09. The van der Waals surface area contributed by atoms with Crippen LogP contribution in [0.15, 0.2) is 36.9 Å². The fraction of sp³-hybridized carbons (Fsp3) is 0.350. The van der Waals surface area contributed by atoms with Crippen LogP contribution in [-0.4, -0.2) is 46.2 Å². The summed E-state index contributed by atoms with van der Waals surface area (Å²) >= 11 is 7.91. The first-order chi connectivity index (χ1) is 13.0. The Kier molecular flexibility index (Phi) is 5.02. The van der Waals surface area contributed by atoms with Crippen molar-refractivity contribution in [1.82, 2.24) is 14.8 Å². The highest BCUT2D eigenvalue weighted by Gasteiger charge is 2.33. The summed E-state index contributed by atoms with van der Waals surface area (Å²) in [5, 5.41) is 1.61. The molecule has 0 radical (unpaired) electrons. The zero-order chi connectivity index (χ0) is 19.0. The lowest BCUT2D eigenvalue weighted by atomic mass is 9.95. The second-order valence-corrected chi connectivity index (χ2v) is 8.44. The third-order valence-corrected chi connectivity index (χ3v) is 6.54. The van der Waals surface area contributed by atoms with Crippen molar-refractivity contribution in [3.05, 3.63) is 52.5 Å². The van der Waals surface area contributed by atoms with E-state index in [0.717, 1.165) is 27.6 Å². The number of nitrogens with zero attached hydrogens (tertiary/aromatic N) is 3. The van der Waals surface area contributed by atoms with E-state index in [1.54, 1.807) is 16.2 Å². The fourth-order valence-electron chi connectivity index (χ4n) is 3.54. The molecule has 2 aromatic rings. The van der Waals surface area contributed by atoms with Crippen LogP contribution in [0.5, 0.6) is 0 Å². The molecule has 27 heavy (non-hydrogen) atoms. The van der Waals surface area contributed by atoms with E-state index in [-0.39, 0.29) is 17.7 Å². The number of hydrogen-bond acceptors (Lipinski definition) is 4. The number of halogens is 1. The number of aromatic nitrogens is 1. The monoisotopic (exact) mass is 401 g/mol. The van der Waals surface area contributed by atoms with Gasteiger partial charge >= 0.3 is 0 Å². The van der Waals surface area contributed by atoms with Crippen molar-refractivity contribution in [1.29, 1.82) is 0 Å². The van der Waals surface area contributed by atoms with E-state index in [0.29, 0.717) is 37.6 Å². The van der Waals surface area contributed by atoms with Gasteiger partial charge in [0.25, 0.3) is 0 Å². The van der Waals surface area contributed by atoms with Gasteiger partial charge in [-0.3, -0.25) is 9.59 Å². The Labute approximate surface area is 167 Å². The average Bonchev–Trinajstić information content (AvgIpc) is 3.06. The molecule has 140 valence electrons. The summed E-state index contributed by atoms with van der Waals surface area (Å²) in [4.78, 5) is 33.7. The van der Waals surface area contributed by atoms with Gasteiger partial charge in [0, 0.05) is 48.8 Å². The number of fused-ring (bicyclic) bond motifs is 1. The number of thiazole rings is 1. The van der Waals surface area contributed by atoms with E-state index in [2.05, 4.69) is 6.58 Å². The number of amides is 2. The van der Waals surface area contributed by atoms with Crippen molar-refractivity contribution < 1.29 is 9.59 Å². The molecule has 4 rings (SSSR count). The van der Waals surface area contributed by atoms with Gasteiger partial charge in [0.05, 0.1) is 17.3 Å². The van der Waals surface area contributed by atoms with Crippen molar-refractivity contribution in [2.75, 3.05) is 19.6 Å². The van der Waals surface area contributed by atoms with Crippen molar-refractivity contribution in [3.63, 3.8) is 0 Å². The Morgan fingerprint density at radius 2 is 2.07 bits per heavy atom. The van der Waals surface area contributed by atoms with Crippen molar-refractivity contribution in [2.45, 2.75) is 19.4 Å². The first-order valence-corrected chi connectivity index (χ1v) is 10.2. The van der Waals surface area contributed by atoms with E-state index >= 15 is 0 Å². The van der Waals surface area contributed by atoms with Crippen LogP contribution in [0.4, 0.5) is 0 Å². The highest BCUT2D eigenvalue weighted by molar-refractivity contribution is 7.15. The molecule has 1 fully saturated rings. The maximum absolute atomic E-state index is 12.7. The smallest absolute Gasteiger partial charge is 0.245 e. The first-order valence-electron chi connectivity index (χ1n) is 8.97. The number of carbonyl (C=O) groups is 2. The molecule has 2 aliphatic rings. The zero-order valence-corrected chi connectivity index (χ0v) is 16.4.